The highest BCUT2D eigenvalue weighted by atomic mass is 35.5. The molecule has 0 aliphatic heterocycles. The minimum absolute atomic E-state index is 0.267. The molecule has 0 unspecified atom stereocenters. The van der Waals surface area contributed by atoms with Crippen molar-refractivity contribution in [2.45, 2.75) is 33.2 Å². The number of amides is 1. The summed E-state index contributed by atoms with van der Waals surface area (Å²) in [7, 11) is 0. The van der Waals surface area contributed by atoms with E-state index < -0.39 is 0 Å². The van der Waals surface area contributed by atoms with Crippen molar-refractivity contribution < 1.29 is 9.18 Å². The maximum Gasteiger partial charge on any atom is 0.279 e. The second kappa shape index (κ2) is 8.63. The average molecular weight is 403 g/mol. The maximum atomic E-state index is 13.3. The Hall–Kier alpha value is -2.24. The quantitative estimate of drug-likeness (QED) is 0.537. The second-order valence-corrected chi connectivity index (χ2v) is 7.58. The van der Waals surface area contributed by atoms with E-state index in [9.17, 15) is 9.18 Å². The number of carbonyl (C=O) groups is 1. The molecule has 6 heteroatoms. The predicted octanol–water partition coefficient (Wildman–Crippen LogP) is 5.72. The minimum atomic E-state index is -0.302. The van der Waals surface area contributed by atoms with Gasteiger partial charge in [-0.15, -0.1) is 11.3 Å². The highest BCUT2D eigenvalue weighted by Crippen LogP contribution is 2.27. The summed E-state index contributed by atoms with van der Waals surface area (Å²) in [4.78, 5) is 18.7. The Morgan fingerprint density at radius 1 is 1.11 bits per heavy atom. The van der Waals surface area contributed by atoms with Gasteiger partial charge in [0.15, 0.2) is 4.80 Å². The van der Waals surface area contributed by atoms with Crippen LogP contribution in [0.5, 0.6) is 0 Å². The van der Waals surface area contributed by atoms with Crippen LogP contribution in [0.2, 0.25) is 5.02 Å². The molecule has 1 amide bonds. The summed E-state index contributed by atoms with van der Waals surface area (Å²) >= 11 is 7.41. The average Bonchev–Trinajstić information content (AvgIpc) is 3.00. The summed E-state index contributed by atoms with van der Waals surface area (Å²) in [6.07, 6.45) is 1.85. The van der Waals surface area contributed by atoms with Crippen molar-refractivity contribution in [1.82, 2.24) is 4.57 Å². The van der Waals surface area contributed by atoms with Crippen LogP contribution >= 0.6 is 22.9 Å². The number of benzene rings is 2. The molecule has 0 N–H and O–H groups in total. The third kappa shape index (κ3) is 4.37. The van der Waals surface area contributed by atoms with E-state index in [1.54, 1.807) is 36.4 Å². The van der Waals surface area contributed by atoms with Gasteiger partial charge in [0.05, 0.1) is 5.69 Å². The van der Waals surface area contributed by atoms with Crippen molar-refractivity contribution in [1.29, 1.82) is 0 Å². The van der Waals surface area contributed by atoms with E-state index >= 15 is 0 Å². The molecule has 3 aromatic rings. The summed E-state index contributed by atoms with van der Waals surface area (Å²) in [6, 6.07) is 13.2. The number of hydrogen-bond acceptors (Lipinski definition) is 2. The van der Waals surface area contributed by atoms with Crippen LogP contribution in [0, 0.1) is 5.82 Å². The topological polar surface area (TPSA) is 34.4 Å². The van der Waals surface area contributed by atoms with Gasteiger partial charge in [0, 0.05) is 22.0 Å². The predicted molar refractivity (Wildman–Crippen MR) is 109 cm³/mol. The molecular weight excluding hydrogens is 383 g/mol. The molecular formula is C21H20ClFN2OS. The molecule has 1 aromatic heterocycles. The first kappa shape index (κ1) is 19.5. The molecule has 0 saturated carbocycles. The normalized spacial score (nSPS) is 11.8. The third-order valence-corrected chi connectivity index (χ3v) is 5.57. The Morgan fingerprint density at radius 3 is 2.37 bits per heavy atom. The number of rotatable bonds is 5. The molecule has 0 spiro atoms. The van der Waals surface area contributed by atoms with Gasteiger partial charge in [0.2, 0.25) is 0 Å². The minimum Gasteiger partial charge on any atom is -0.316 e. The lowest BCUT2D eigenvalue weighted by Gasteiger charge is -2.09. The van der Waals surface area contributed by atoms with Crippen molar-refractivity contribution >= 4 is 28.8 Å². The van der Waals surface area contributed by atoms with Gasteiger partial charge in [-0.1, -0.05) is 24.9 Å². The van der Waals surface area contributed by atoms with Crippen LogP contribution in [0.3, 0.4) is 0 Å². The first-order valence-corrected chi connectivity index (χ1v) is 10.1. The van der Waals surface area contributed by atoms with Crippen molar-refractivity contribution in [2.24, 2.45) is 4.99 Å². The number of carbonyl (C=O) groups excluding carboxylic acids is 1. The van der Waals surface area contributed by atoms with Crippen LogP contribution in [-0.4, -0.2) is 10.5 Å². The number of hydrogen-bond donors (Lipinski definition) is 0. The van der Waals surface area contributed by atoms with E-state index in [-0.39, 0.29) is 11.7 Å². The molecule has 0 aliphatic carbocycles. The number of aromatic nitrogens is 1. The Labute approximate surface area is 166 Å². The molecule has 3 rings (SSSR count). The zero-order chi connectivity index (χ0) is 19.4. The Kier molecular flexibility index (Phi) is 6.24. The molecule has 0 atom stereocenters. The van der Waals surface area contributed by atoms with Gasteiger partial charge in [0.1, 0.15) is 5.82 Å². The fourth-order valence-corrected chi connectivity index (χ4v) is 4.34. The molecule has 0 aliphatic rings. The lowest BCUT2D eigenvalue weighted by Crippen LogP contribution is -2.17. The van der Waals surface area contributed by atoms with E-state index in [4.69, 9.17) is 11.6 Å². The SMILES string of the molecule is CCCc1sc(=NC(=O)c2ccc(Cl)cc2)n(CC)c1-c1ccc(F)cc1. The van der Waals surface area contributed by atoms with Gasteiger partial charge in [-0.3, -0.25) is 4.79 Å². The number of aryl methyl sites for hydroxylation is 1. The maximum absolute atomic E-state index is 13.3. The fourth-order valence-electron chi connectivity index (χ4n) is 2.90. The second-order valence-electron chi connectivity index (χ2n) is 6.08. The first-order chi connectivity index (χ1) is 13.0. The van der Waals surface area contributed by atoms with Gasteiger partial charge in [0.25, 0.3) is 5.91 Å². The Morgan fingerprint density at radius 2 is 1.78 bits per heavy atom. The van der Waals surface area contributed by atoms with Crippen LogP contribution in [0.25, 0.3) is 11.3 Å². The molecule has 27 heavy (non-hydrogen) atoms. The molecule has 0 saturated heterocycles. The van der Waals surface area contributed by atoms with E-state index in [1.165, 1.54) is 23.5 Å². The van der Waals surface area contributed by atoms with Crippen LogP contribution in [0.4, 0.5) is 4.39 Å². The Bertz CT molecular complexity index is 1000. The van der Waals surface area contributed by atoms with Crippen LogP contribution < -0.4 is 4.80 Å². The summed E-state index contributed by atoms with van der Waals surface area (Å²) in [5.74, 6) is -0.569. The zero-order valence-electron chi connectivity index (χ0n) is 15.2. The van der Waals surface area contributed by atoms with Crippen molar-refractivity contribution in [2.75, 3.05) is 0 Å². The van der Waals surface area contributed by atoms with Gasteiger partial charge in [-0.05, 0) is 67.4 Å². The number of nitrogens with zero attached hydrogens (tertiary/aromatic N) is 2. The summed E-state index contributed by atoms with van der Waals surface area (Å²) < 4.78 is 15.4. The van der Waals surface area contributed by atoms with Crippen molar-refractivity contribution in [3.05, 3.63) is 74.6 Å². The van der Waals surface area contributed by atoms with Crippen LogP contribution in [0.15, 0.2) is 53.5 Å². The van der Waals surface area contributed by atoms with Crippen molar-refractivity contribution in [3.8, 4) is 11.3 Å². The Balaban J connectivity index is 2.13. The van der Waals surface area contributed by atoms with E-state index in [2.05, 4.69) is 11.9 Å². The van der Waals surface area contributed by atoms with Gasteiger partial charge in [-0.25, -0.2) is 4.39 Å². The molecule has 1 heterocycles. The molecule has 0 radical (unpaired) electrons. The zero-order valence-corrected chi connectivity index (χ0v) is 16.8. The number of thiazole rings is 1. The standard InChI is InChI=1S/C21H20ClFN2OS/c1-3-5-18-19(14-8-12-17(23)13-9-14)25(4-2)21(27-18)24-20(26)15-6-10-16(22)11-7-15/h6-13H,3-5H2,1-2H3. The molecule has 140 valence electrons. The smallest absolute Gasteiger partial charge is 0.279 e. The third-order valence-electron chi connectivity index (χ3n) is 4.18. The van der Waals surface area contributed by atoms with E-state index in [0.29, 0.717) is 21.9 Å². The highest BCUT2D eigenvalue weighted by Gasteiger charge is 2.15. The van der Waals surface area contributed by atoms with Crippen molar-refractivity contribution in [3.63, 3.8) is 0 Å². The summed E-state index contributed by atoms with van der Waals surface area (Å²) in [5, 5.41) is 0.579. The summed E-state index contributed by atoms with van der Waals surface area (Å²) in [5.41, 5.74) is 2.43. The van der Waals surface area contributed by atoms with E-state index in [1.807, 2.05) is 11.5 Å². The lowest BCUT2D eigenvalue weighted by molar-refractivity contribution is 0.0998. The summed E-state index contributed by atoms with van der Waals surface area (Å²) in [6.45, 7) is 4.79. The molecule has 3 nitrogen and oxygen atoms in total. The van der Waals surface area contributed by atoms with Gasteiger partial charge >= 0.3 is 0 Å². The fraction of sp³-hybridized carbons (Fsp3) is 0.238. The highest BCUT2D eigenvalue weighted by molar-refractivity contribution is 7.09. The molecule has 0 bridgehead atoms. The monoisotopic (exact) mass is 402 g/mol. The lowest BCUT2D eigenvalue weighted by atomic mass is 10.1. The van der Waals surface area contributed by atoms with Crippen LogP contribution in [-0.2, 0) is 13.0 Å². The first-order valence-electron chi connectivity index (χ1n) is 8.86. The van der Waals surface area contributed by atoms with Crippen LogP contribution in [0.1, 0.15) is 35.5 Å². The van der Waals surface area contributed by atoms with E-state index in [0.717, 1.165) is 29.0 Å². The van der Waals surface area contributed by atoms with Gasteiger partial charge in [-0.2, -0.15) is 4.99 Å². The van der Waals surface area contributed by atoms with Gasteiger partial charge < -0.3 is 4.57 Å². The molecule has 2 aromatic carbocycles. The number of halogens is 2. The molecule has 0 fully saturated rings. The largest absolute Gasteiger partial charge is 0.316 e.